The summed E-state index contributed by atoms with van der Waals surface area (Å²) in [5.41, 5.74) is 2.34. The van der Waals surface area contributed by atoms with Crippen LogP contribution in [0.3, 0.4) is 0 Å². The fourth-order valence-electron chi connectivity index (χ4n) is 2.28. The van der Waals surface area contributed by atoms with Crippen LogP contribution in [-0.4, -0.2) is 36.5 Å². The fraction of sp³-hybridized carbons (Fsp3) is 0.500. The SMILES string of the molecule is Cc1ccccc1CC(=O)N1CCNC[C@H]1C. The molecule has 1 atom stereocenters. The van der Waals surface area contributed by atoms with Gasteiger partial charge in [-0.25, -0.2) is 0 Å². The smallest absolute Gasteiger partial charge is 0.227 e. The van der Waals surface area contributed by atoms with E-state index in [1.807, 2.05) is 23.1 Å². The van der Waals surface area contributed by atoms with Crippen molar-refractivity contribution in [2.75, 3.05) is 19.6 Å². The van der Waals surface area contributed by atoms with Crippen molar-refractivity contribution in [3.05, 3.63) is 35.4 Å². The van der Waals surface area contributed by atoms with Gasteiger partial charge in [0.05, 0.1) is 6.42 Å². The molecular weight excluding hydrogens is 212 g/mol. The molecule has 1 aliphatic rings. The second kappa shape index (κ2) is 5.32. The molecule has 3 nitrogen and oxygen atoms in total. The monoisotopic (exact) mass is 232 g/mol. The molecule has 1 aromatic rings. The molecule has 1 aromatic carbocycles. The van der Waals surface area contributed by atoms with E-state index >= 15 is 0 Å². The maximum Gasteiger partial charge on any atom is 0.227 e. The van der Waals surface area contributed by atoms with Gasteiger partial charge in [0, 0.05) is 25.7 Å². The molecule has 0 aromatic heterocycles. The Bertz CT molecular complexity index is 403. The van der Waals surface area contributed by atoms with Gasteiger partial charge in [-0.3, -0.25) is 4.79 Å². The highest BCUT2D eigenvalue weighted by Crippen LogP contribution is 2.11. The quantitative estimate of drug-likeness (QED) is 0.835. The van der Waals surface area contributed by atoms with Gasteiger partial charge in [0.2, 0.25) is 5.91 Å². The highest BCUT2D eigenvalue weighted by Gasteiger charge is 2.22. The Morgan fingerprint density at radius 2 is 2.24 bits per heavy atom. The molecular formula is C14H20N2O. The Kier molecular flexibility index (Phi) is 3.79. The van der Waals surface area contributed by atoms with E-state index in [1.165, 1.54) is 5.56 Å². The normalized spacial score (nSPS) is 20.4. The predicted octanol–water partition coefficient (Wildman–Crippen LogP) is 1.36. The third kappa shape index (κ3) is 2.86. The molecule has 0 radical (unpaired) electrons. The van der Waals surface area contributed by atoms with E-state index in [4.69, 9.17) is 0 Å². The number of hydrogen-bond acceptors (Lipinski definition) is 2. The summed E-state index contributed by atoms with van der Waals surface area (Å²) in [7, 11) is 0. The van der Waals surface area contributed by atoms with Gasteiger partial charge in [-0.15, -0.1) is 0 Å². The van der Waals surface area contributed by atoms with Crippen LogP contribution >= 0.6 is 0 Å². The maximum absolute atomic E-state index is 12.2. The first-order valence-corrected chi connectivity index (χ1v) is 6.23. The van der Waals surface area contributed by atoms with E-state index in [2.05, 4.69) is 25.2 Å². The summed E-state index contributed by atoms with van der Waals surface area (Å²) in [6.45, 7) is 6.79. The molecule has 92 valence electrons. The zero-order valence-electron chi connectivity index (χ0n) is 10.6. The summed E-state index contributed by atoms with van der Waals surface area (Å²) in [5.74, 6) is 0.244. The van der Waals surface area contributed by atoms with E-state index in [0.29, 0.717) is 12.5 Å². The third-order valence-corrected chi connectivity index (χ3v) is 3.42. The molecule has 1 N–H and O–H groups in total. The van der Waals surface area contributed by atoms with Crippen molar-refractivity contribution in [2.45, 2.75) is 26.3 Å². The van der Waals surface area contributed by atoms with Crippen molar-refractivity contribution >= 4 is 5.91 Å². The Morgan fingerprint density at radius 3 is 2.94 bits per heavy atom. The second-order valence-corrected chi connectivity index (χ2v) is 4.74. The van der Waals surface area contributed by atoms with Crippen molar-refractivity contribution in [3.63, 3.8) is 0 Å². The van der Waals surface area contributed by atoms with E-state index in [1.54, 1.807) is 0 Å². The molecule has 0 spiro atoms. The lowest BCUT2D eigenvalue weighted by atomic mass is 10.0. The number of carbonyl (C=O) groups is 1. The minimum absolute atomic E-state index is 0.244. The van der Waals surface area contributed by atoms with Gasteiger partial charge >= 0.3 is 0 Å². The average molecular weight is 232 g/mol. The minimum Gasteiger partial charge on any atom is -0.337 e. The molecule has 0 aliphatic carbocycles. The zero-order chi connectivity index (χ0) is 12.3. The summed E-state index contributed by atoms with van der Waals surface area (Å²) in [4.78, 5) is 14.2. The number of hydrogen-bond donors (Lipinski definition) is 1. The molecule has 3 heteroatoms. The summed E-state index contributed by atoms with van der Waals surface area (Å²) in [6, 6.07) is 8.41. The van der Waals surface area contributed by atoms with Crippen LogP contribution in [0.2, 0.25) is 0 Å². The van der Waals surface area contributed by atoms with Crippen molar-refractivity contribution in [1.82, 2.24) is 10.2 Å². The number of carbonyl (C=O) groups excluding carboxylic acids is 1. The fourth-order valence-corrected chi connectivity index (χ4v) is 2.28. The summed E-state index contributed by atoms with van der Waals surface area (Å²) < 4.78 is 0. The maximum atomic E-state index is 12.2. The van der Waals surface area contributed by atoms with E-state index in [0.717, 1.165) is 25.2 Å². The number of aryl methyl sites for hydroxylation is 1. The average Bonchev–Trinajstić information content (AvgIpc) is 2.32. The molecule has 0 unspecified atom stereocenters. The number of piperazine rings is 1. The summed E-state index contributed by atoms with van der Waals surface area (Å²) in [5, 5.41) is 3.30. The number of rotatable bonds is 2. The number of nitrogens with one attached hydrogen (secondary N) is 1. The standard InChI is InChI=1S/C14H20N2O/c1-11-5-3-4-6-13(11)9-14(17)16-8-7-15-10-12(16)2/h3-6,12,15H,7-10H2,1-2H3/t12-/m1/s1. The first-order chi connectivity index (χ1) is 8.18. The Hall–Kier alpha value is -1.35. The van der Waals surface area contributed by atoms with Crippen LogP contribution in [0, 0.1) is 6.92 Å². The molecule has 17 heavy (non-hydrogen) atoms. The van der Waals surface area contributed by atoms with Crippen molar-refractivity contribution in [3.8, 4) is 0 Å². The lowest BCUT2D eigenvalue weighted by Gasteiger charge is -2.34. The molecule has 1 fully saturated rings. The van der Waals surface area contributed by atoms with Gasteiger partial charge in [0.15, 0.2) is 0 Å². The van der Waals surface area contributed by atoms with Gasteiger partial charge in [0.25, 0.3) is 0 Å². The van der Waals surface area contributed by atoms with Gasteiger partial charge in [-0.2, -0.15) is 0 Å². The number of amides is 1. The van der Waals surface area contributed by atoms with Crippen LogP contribution in [0.1, 0.15) is 18.1 Å². The predicted molar refractivity (Wildman–Crippen MR) is 68.9 cm³/mol. The minimum atomic E-state index is 0.244. The topological polar surface area (TPSA) is 32.3 Å². The molecule has 0 bridgehead atoms. The Morgan fingerprint density at radius 1 is 1.47 bits per heavy atom. The number of benzene rings is 1. The van der Waals surface area contributed by atoms with Crippen molar-refractivity contribution in [2.24, 2.45) is 0 Å². The molecule has 1 saturated heterocycles. The van der Waals surface area contributed by atoms with Gasteiger partial charge in [0.1, 0.15) is 0 Å². The zero-order valence-corrected chi connectivity index (χ0v) is 10.6. The molecule has 1 heterocycles. The van der Waals surface area contributed by atoms with E-state index in [9.17, 15) is 4.79 Å². The molecule has 1 aliphatic heterocycles. The Labute approximate surface area is 103 Å². The first kappa shape index (κ1) is 12.1. The van der Waals surface area contributed by atoms with Gasteiger partial charge in [-0.1, -0.05) is 24.3 Å². The molecule has 0 saturated carbocycles. The van der Waals surface area contributed by atoms with Gasteiger partial charge in [-0.05, 0) is 25.0 Å². The van der Waals surface area contributed by atoms with Crippen LogP contribution in [0.4, 0.5) is 0 Å². The lowest BCUT2D eigenvalue weighted by Crippen LogP contribution is -2.52. The van der Waals surface area contributed by atoms with Crippen LogP contribution in [0.15, 0.2) is 24.3 Å². The highest BCUT2D eigenvalue weighted by atomic mass is 16.2. The first-order valence-electron chi connectivity index (χ1n) is 6.23. The highest BCUT2D eigenvalue weighted by molar-refractivity contribution is 5.79. The van der Waals surface area contributed by atoms with Gasteiger partial charge < -0.3 is 10.2 Å². The van der Waals surface area contributed by atoms with Crippen molar-refractivity contribution < 1.29 is 4.79 Å². The lowest BCUT2D eigenvalue weighted by molar-refractivity contribution is -0.133. The Balaban J connectivity index is 2.03. The van der Waals surface area contributed by atoms with Crippen LogP contribution in [0.25, 0.3) is 0 Å². The second-order valence-electron chi connectivity index (χ2n) is 4.74. The third-order valence-electron chi connectivity index (χ3n) is 3.42. The largest absolute Gasteiger partial charge is 0.337 e. The molecule has 2 rings (SSSR count). The summed E-state index contributed by atoms with van der Waals surface area (Å²) in [6.07, 6.45) is 0.525. The van der Waals surface area contributed by atoms with Crippen LogP contribution < -0.4 is 5.32 Å². The van der Waals surface area contributed by atoms with Crippen molar-refractivity contribution in [1.29, 1.82) is 0 Å². The van der Waals surface area contributed by atoms with Crippen LogP contribution in [0.5, 0.6) is 0 Å². The van der Waals surface area contributed by atoms with E-state index < -0.39 is 0 Å². The van der Waals surface area contributed by atoms with Crippen LogP contribution in [-0.2, 0) is 11.2 Å². The number of nitrogens with zero attached hydrogens (tertiary/aromatic N) is 1. The van der Waals surface area contributed by atoms with E-state index in [-0.39, 0.29) is 5.91 Å². The summed E-state index contributed by atoms with van der Waals surface area (Å²) >= 11 is 0. The molecule has 1 amide bonds.